The van der Waals surface area contributed by atoms with Crippen LogP contribution in [0.5, 0.6) is 0 Å². The average molecular weight is 304 g/mol. The average Bonchev–Trinajstić information content (AvgIpc) is 3.11. The van der Waals surface area contributed by atoms with E-state index in [1.54, 1.807) is 0 Å². The Balaban J connectivity index is 1.62. The van der Waals surface area contributed by atoms with Crippen LogP contribution in [0.4, 0.5) is 0 Å². The molecule has 6 fully saturated rings. The lowest BCUT2D eigenvalue weighted by atomic mass is 9.44. The first-order chi connectivity index (χ1) is 10.3. The topological polar surface area (TPSA) is 29.5 Å². The van der Waals surface area contributed by atoms with Crippen LogP contribution in [0, 0.1) is 39.9 Å². The summed E-state index contributed by atoms with van der Waals surface area (Å²) in [5, 5.41) is 10.9. The molecule has 6 rings (SSSR count). The molecule has 0 aromatic heterocycles. The molecule has 0 aromatic carbocycles. The number of fused-ring (bicyclic) bond motifs is 3. The van der Waals surface area contributed by atoms with Gasteiger partial charge in [-0.3, -0.25) is 0 Å². The normalized spacial score (nSPS) is 65.2. The van der Waals surface area contributed by atoms with Crippen molar-refractivity contribution in [1.29, 1.82) is 0 Å². The Labute approximate surface area is 135 Å². The van der Waals surface area contributed by atoms with Gasteiger partial charge in [0.1, 0.15) is 0 Å². The van der Waals surface area contributed by atoms with E-state index in [1.165, 1.54) is 44.9 Å². The molecule has 2 spiro atoms. The summed E-state index contributed by atoms with van der Waals surface area (Å²) in [4.78, 5) is 0. The summed E-state index contributed by atoms with van der Waals surface area (Å²) in [6.45, 7) is 9.75. The van der Waals surface area contributed by atoms with Crippen LogP contribution in [0.3, 0.4) is 0 Å². The molecule has 2 heteroatoms. The summed E-state index contributed by atoms with van der Waals surface area (Å²) in [6, 6.07) is 0. The van der Waals surface area contributed by atoms with Crippen molar-refractivity contribution in [2.24, 2.45) is 39.9 Å². The van der Waals surface area contributed by atoms with Gasteiger partial charge in [0.25, 0.3) is 0 Å². The molecule has 22 heavy (non-hydrogen) atoms. The van der Waals surface area contributed by atoms with Crippen molar-refractivity contribution in [2.75, 3.05) is 0 Å². The summed E-state index contributed by atoms with van der Waals surface area (Å²) in [5.41, 5.74) is 1.01. The van der Waals surface area contributed by atoms with Gasteiger partial charge in [0, 0.05) is 5.41 Å². The molecule has 0 amide bonds. The van der Waals surface area contributed by atoms with Gasteiger partial charge >= 0.3 is 0 Å². The molecule has 4 aliphatic carbocycles. The second-order valence-electron chi connectivity index (χ2n) is 10.2. The monoisotopic (exact) mass is 304 g/mol. The number of ether oxygens (including phenoxy) is 1. The fourth-order valence-corrected chi connectivity index (χ4v) is 8.60. The molecule has 6 aliphatic rings. The van der Waals surface area contributed by atoms with Crippen molar-refractivity contribution in [1.82, 2.24) is 0 Å². The van der Waals surface area contributed by atoms with Crippen LogP contribution in [-0.4, -0.2) is 17.0 Å². The smallest absolute Gasteiger partial charge is 0.161 e. The summed E-state index contributed by atoms with van der Waals surface area (Å²) in [7, 11) is 0. The first-order valence-corrected chi connectivity index (χ1v) is 9.66. The summed E-state index contributed by atoms with van der Waals surface area (Å²) in [5.74, 6) is 3.25. The maximum absolute atomic E-state index is 10.9. The molecule has 0 radical (unpaired) electrons. The van der Waals surface area contributed by atoms with Gasteiger partial charge < -0.3 is 9.84 Å². The predicted octanol–water partition coefficient (Wildman–Crippen LogP) is 4.36. The van der Waals surface area contributed by atoms with Gasteiger partial charge in [0.05, 0.1) is 5.60 Å². The summed E-state index contributed by atoms with van der Waals surface area (Å²) < 4.78 is 6.19. The third-order valence-electron chi connectivity index (χ3n) is 9.53. The van der Waals surface area contributed by atoms with Gasteiger partial charge in [0.2, 0.25) is 0 Å². The Kier molecular flexibility index (Phi) is 2.45. The van der Waals surface area contributed by atoms with Crippen LogP contribution in [0.2, 0.25) is 0 Å². The standard InChI is InChI=1S/C20H32O2/c1-12(2)13-5-6-14-17(13,3)7-9-19-10-8-18(4,22-16(19)21)15-11-20(14,15)19/h12-16,21H,5-11H2,1-4H3/t13-,14-,15+,16+,17-,18-,19-,20-/m1/s1. The van der Waals surface area contributed by atoms with Crippen molar-refractivity contribution < 1.29 is 9.84 Å². The Morgan fingerprint density at radius 3 is 2.41 bits per heavy atom. The van der Waals surface area contributed by atoms with Gasteiger partial charge in [-0.1, -0.05) is 20.8 Å². The first kappa shape index (κ1) is 14.3. The van der Waals surface area contributed by atoms with Crippen LogP contribution >= 0.6 is 0 Å². The molecule has 2 heterocycles. The fraction of sp³-hybridized carbons (Fsp3) is 1.00. The van der Waals surface area contributed by atoms with Crippen LogP contribution < -0.4 is 0 Å². The van der Waals surface area contributed by atoms with E-state index in [9.17, 15) is 5.11 Å². The Hall–Kier alpha value is -0.0800. The summed E-state index contributed by atoms with van der Waals surface area (Å²) in [6.07, 6.45) is 8.56. The van der Waals surface area contributed by atoms with Gasteiger partial charge in [-0.15, -0.1) is 0 Å². The van der Waals surface area contributed by atoms with Crippen molar-refractivity contribution >= 4 is 0 Å². The van der Waals surface area contributed by atoms with Gasteiger partial charge in [0.15, 0.2) is 6.29 Å². The minimum atomic E-state index is -0.493. The fourth-order valence-electron chi connectivity index (χ4n) is 8.60. The van der Waals surface area contributed by atoms with Gasteiger partial charge in [-0.05, 0) is 86.4 Å². The maximum Gasteiger partial charge on any atom is 0.161 e. The van der Waals surface area contributed by atoms with Crippen molar-refractivity contribution in [2.45, 2.75) is 84.5 Å². The van der Waals surface area contributed by atoms with E-state index in [4.69, 9.17) is 4.74 Å². The van der Waals surface area contributed by atoms with Crippen LogP contribution in [0.1, 0.15) is 72.6 Å². The zero-order valence-corrected chi connectivity index (χ0v) is 14.7. The first-order valence-electron chi connectivity index (χ1n) is 9.66. The van der Waals surface area contributed by atoms with E-state index in [0.29, 0.717) is 10.8 Å². The van der Waals surface area contributed by atoms with Gasteiger partial charge in [-0.2, -0.15) is 0 Å². The number of aliphatic hydroxyl groups is 1. The molecule has 0 unspecified atom stereocenters. The highest BCUT2D eigenvalue weighted by atomic mass is 16.6. The third kappa shape index (κ3) is 1.24. The highest BCUT2D eigenvalue weighted by Crippen LogP contribution is 2.87. The number of hydrogen-bond donors (Lipinski definition) is 1. The SMILES string of the molecule is CC(C)[C@H]1CC[C@@H]2[C@]1(C)CC[C@@]13CC[C@@](C)(O[C@@H]1O)[C@@H]1C[C@@]213. The highest BCUT2D eigenvalue weighted by molar-refractivity contribution is 5.31. The van der Waals surface area contributed by atoms with E-state index in [2.05, 4.69) is 27.7 Å². The maximum atomic E-state index is 10.9. The van der Waals surface area contributed by atoms with E-state index < -0.39 is 6.29 Å². The summed E-state index contributed by atoms with van der Waals surface area (Å²) >= 11 is 0. The lowest BCUT2D eigenvalue weighted by molar-refractivity contribution is -0.348. The Morgan fingerprint density at radius 1 is 1.00 bits per heavy atom. The molecular weight excluding hydrogens is 272 g/mol. The van der Waals surface area contributed by atoms with Crippen LogP contribution in [-0.2, 0) is 4.74 Å². The molecule has 124 valence electrons. The number of aliphatic hydroxyl groups excluding tert-OH is 1. The predicted molar refractivity (Wildman–Crippen MR) is 86.1 cm³/mol. The molecule has 8 atom stereocenters. The lowest BCUT2D eigenvalue weighted by Crippen LogP contribution is -2.66. The van der Waals surface area contributed by atoms with Crippen LogP contribution in [0.25, 0.3) is 0 Å². The van der Waals surface area contributed by atoms with E-state index >= 15 is 0 Å². The molecule has 0 aromatic rings. The van der Waals surface area contributed by atoms with Crippen molar-refractivity contribution in [3.8, 4) is 0 Å². The van der Waals surface area contributed by atoms with Crippen LogP contribution in [0.15, 0.2) is 0 Å². The minimum absolute atomic E-state index is 0.0324. The highest BCUT2D eigenvalue weighted by Gasteiger charge is 2.85. The zero-order chi connectivity index (χ0) is 15.5. The molecule has 2 nitrogen and oxygen atoms in total. The zero-order valence-electron chi connectivity index (χ0n) is 14.7. The molecule has 2 aliphatic heterocycles. The second-order valence-corrected chi connectivity index (χ2v) is 10.2. The van der Waals surface area contributed by atoms with Crippen molar-refractivity contribution in [3.05, 3.63) is 0 Å². The third-order valence-corrected chi connectivity index (χ3v) is 9.53. The molecular formula is C20H32O2. The van der Waals surface area contributed by atoms with E-state index in [0.717, 1.165) is 23.7 Å². The van der Waals surface area contributed by atoms with E-state index in [-0.39, 0.29) is 11.0 Å². The minimum Gasteiger partial charge on any atom is -0.367 e. The largest absolute Gasteiger partial charge is 0.367 e. The molecule has 4 saturated carbocycles. The number of rotatable bonds is 1. The quantitative estimate of drug-likeness (QED) is 0.780. The molecule has 2 bridgehead atoms. The van der Waals surface area contributed by atoms with Crippen molar-refractivity contribution in [3.63, 3.8) is 0 Å². The second kappa shape index (κ2) is 3.77. The van der Waals surface area contributed by atoms with Gasteiger partial charge in [-0.25, -0.2) is 0 Å². The number of hydrogen-bond acceptors (Lipinski definition) is 2. The Bertz CT molecular complexity index is 530. The molecule has 1 N–H and O–H groups in total. The Morgan fingerprint density at radius 2 is 1.73 bits per heavy atom. The van der Waals surface area contributed by atoms with E-state index in [1.807, 2.05) is 0 Å². The lowest BCUT2D eigenvalue weighted by Gasteiger charge is -2.65. The molecule has 2 saturated heterocycles.